The molecule has 10 rings (SSSR count). The molecule has 5 N–H and O–H groups in total. The van der Waals surface area contributed by atoms with Crippen molar-refractivity contribution in [2.24, 2.45) is 0 Å². The Morgan fingerprint density at radius 3 is 1.39 bits per heavy atom. The summed E-state index contributed by atoms with van der Waals surface area (Å²) in [6.07, 6.45) is 9.21. The summed E-state index contributed by atoms with van der Waals surface area (Å²) in [4.78, 5) is 98.2. The number of halogens is 1. The van der Waals surface area contributed by atoms with Gasteiger partial charge in [-0.05, 0) is 155 Å². The van der Waals surface area contributed by atoms with Crippen LogP contribution in [0.2, 0.25) is 0 Å². The number of fused-ring (bicyclic) bond motifs is 2. The SMILES string of the molecule is C.CC(C)(C)OC(=O)N(c1ccc2c(cnn2C(=O)OC(C)(C)C)c1)c1nnc(-c2ccnc(N)c2)s1.CC(C)(C)OC(=O)N(c1ccc2c(cnn2C(=O)OC(C)(C)C)c1)c1nnc(-c2ccnc(NC(=O)c3cnc[nH]3)c2)s1.O=C(Cl)c1cnc[nH]1. The van der Waals surface area contributed by atoms with Gasteiger partial charge in [0.1, 0.15) is 55.4 Å². The molecule has 3 amide bonds. The largest absolute Gasteiger partial charge is 0.443 e. The lowest BCUT2D eigenvalue weighted by Gasteiger charge is -2.25. The number of aromatic amines is 2. The molecule has 0 bridgehead atoms. The number of anilines is 6. The second-order valence-electron chi connectivity index (χ2n) is 22.5. The van der Waals surface area contributed by atoms with Gasteiger partial charge < -0.3 is 40.0 Å². The Bertz CT molecular complexity index is 4120. The van der Waals surface area contributed by atoms with E-state index in [1.54, 1.807) is 150 Å². The predicted molar refractivity (Wildman–Crippen MR) is 332 cm³/mol. The van der Waals surface area contributed by atoms with E-state index in [9.17, 15) is 28.8 Å². The molecule has 0 aliphatic carbocycles. The topological polar surface area (TPSA) is 354 Å². The van der Waals surface area contributed by atoms with E-state index in [0.717, 1.165) is 21.6 Å². The number of amides is 3. The number of nitrogens with one attached hydrogen (secondary N) is 3. The summed E-state index contributed by atoms with van der Waals surface area (Å²) in [5, 5.41) is 30.4. The Morgan fingerprint density at radius 1 is 0.557 bits per heavy atom. The highest BCUT2D eigenvalue weighted by molar-refractivity contribution is 7.19. The molecule has 8 aromatic heterocycles. The van der Waals surface area contributed by atoms with Crippen LogP contribution in [0.25, 0.3) is 42.9 Å². The smallest absolute Gasteiger partial charge is 0.435 e. The van der Waals surface area contributed by atoms with Gasteiger partial charge in [0.05, 0.1) is 59.9 Å². The number of pyridine rings is 2. The quantitative estimate of drug-likeness (QED) is 0.0770. The van der Waals surface area contributed by atoms with Gasteiger partial charge >= 0.3 is 24.4 Å². The molecule has 8 heterocycles. The van der Waals surface area contributed by atoms with Crippen molar-refractivity contribution in [1.29, 1.82) is 0 Å². The van der Waals surface area contributed by atoms with E-state index in [2.05, 4.69) is 65.8 Å². The zero-order valence-corrected chi connectivity index (χ0v) is 51.4. The number of rotatable bonds is 9. The highest BCUT2D eigenvalue weighted by atomic mass is 35.5. The Kier molecular flexibility index (Phi) is 19.9. The van der Waals surface area contributed by atoms with Crippen LogP contribution < -0.4 is 20.9 Å². The maximum absolute atomic E-state index is 13.5. The highest BCUT2D eigenvalue weighted by Crippen LogP contribution is 2.38. The van der Waals surface area contributed by atoms with Gasteiger partial charge in [0.2, 0.25) is 10.3 Å². The lowest BCUT2D eigenvalue weighted by Crippen LogP contribution is -2.33. The van der Waals surface area contributed by atoms with Crippen LogP contribution in [0.5, 0.6) is 0 Å². The number of benzene rings is 2. The maximum Gasteiger partial charge on any atom is 0.435 e. The third-order valence-corrected chi connectivity index (χ3v) is 13.0. The average molecular weight is 1260 g/mol. The van der Waals surface area contributed by atoms with Crippen LogP contribution in [0.1, 0.15) is 111 Å². The maximum atomic E-state index is 13.5. The lowest BCUT2D eigenvalue weighted by atomic mass is 10.2. The molecule has 0 atom stereocenters. The van der Waals surface area contributed by atoms with Gasteiger partial charge in [-0.2, -0.15) is 19.6 Å². The monoisotopic (exact) mass is 1260 g/mol. The third kappa shape index (κ3) is 17.1. The van der Waals surface area contributed by atoms with Crippen molar-refractivity contribution in [2.45, 2.75) is 113 Å². The van der Waals surface area contributed by atoms with E-state index in [-0.39, 0.29) is 18.3 Å². The number of nitrogens with two attached hydrogens (primary N) is 1. The number of carbonyl (C=O) groups excluding carboxylic acids is 6. The molecule has 0 unspecified atom stereocenters. The van der Waals surface area contributed by atoms with E-state index in [0.29, 0.717) is 71.2 Å². The second-order valence-corrected chi connectivity index (χ2v) is 24.8. The number of hydrogen-bond donors (Lipinski definition) is 4. The van der Waals surface area contributed by atoms with Crippen LogP contribution >= 0.6 is 34.3 Å². The van der Waals surface area contributed by atoms with E-state index >= 15 is 0 Å². The van der Waals surface area contributed by atoms with Crippen molar-refractivity contribution in [2.75, 3.05) is 20.9 Å². The standard InChI is InChI=1S/C28H29N9O5S.C24H27N7O4S.C4H3ClN2O.CH4/c1-27(2,3)41-25(39)36(18-7-8-20-17(11-18)13-32-37(20)26(40)42-28(4,5)6)24-35-34-23(43-24)16-9-10-30-21(12-16)33-22(38)19-14-29-15-31-19;1-23(2,3)34-21(32)30(20-29-28-19(36-20)14-9-10-26-18(25)12-14)16-7-8-17-15(11-16)13-27-31(17)22(33)35-24(4,5)6;5-4(8)3-1-6-2-7-3;/h7-15H,1-6H3,(H,29,31)(H,30,33,38);7-13H,1-6H3,(H2,25,26);1-2H,(H,6,7);1H4. The summed E-state index contributed by atoms with van der Waals surface area (Å²) in [7, 11) is 0. The molecule has 2 aromatic carbocycles. The summed E-state index contributed by atoms with van der Waals surface area (Å²) in [5.41, 5.74) is 6.79. The first-order valence-corrected chi connectivity index (χ1v) is 28.2. The Labute approximate surface area is 516 Å². The predicted octanol–water partition coefficient (Wildman–Crippen LogP) is 12.6. The number of imidazole rings is 2. The molecule has 31 heteroatoms. The van der Waals surface area contributed by atoms with Crippen molar-refractivity contribution in [3.63, 3.8) is 0 Å². The molecule has 0 saturated heterocycles. The number of ether oxygens (including phenoxy) is 4. The highest BCUT2D eigenvalue weighted by Gasteiger charge is 2.32. The molecule has 0 aliphatic heterocycles. The van der Waals surface area contributed by atoms with Gasteiger partial charge in [0.15, 0.2) is 0 Å². The van der Waals surface area contributed by atoms with Gasteiger partial charge in [-0.3, -0.25) is 9.59 Å². The number of carbonyl (C=O) groups is 6. The summed E-state index contributed by atoms with van der Waals surface area (Å²) in [6.45, 7) is 21.3. The summed E-state index contributed by atoms with van der Waals surface area (Å²) >= 11 is 7.37. The summed E-state index contributed by atoms with van der Waals surface area (Å²) < 4.78 is 24.6. The molecule has 460 valence electrons. The van der Waals surface area contributed by atoms with E-state index in [4.69, 9.17) is 36.3 Å². The normalized spacial score (nSPS) is 11.5. The molecule has 0 saturated carbocycles. The fourth-order valence-corrected chi connectivity index (χ4v) is 9.22. The zero-order chi connectivity index (χ0) is 63.2. The van der Waals surface area contributed by atoms with Crippen molar-refractivity contribution in [1.82, 2.24) is 69.9 Å². The van der Waals surface area contributed by atoms with Gasteiger partial charge in [-0.25, -0.2) is 48.9 Å². The molecule has 0 fully saturated rings. The number of aromatic nitrogens is 14. The first-order chi connectivity index (χ1) is 40.9. The number of nitrogens with zero attached hydrogens (tertiary/aromatic N) is 14. The van der Waals surface area contributed by atoms with E-state index in [1.165, 1.54) is 69.5 Å². The minimum Gasteiger partial charge on any atom is -0.443 e. The van der Waals surface area contributed by atoms with Crippen LogP contribution in [0.15, 0.2) is 110 Å². The molecule has 10 aromatic rings. The van der Waals surface area contributed by atoms with Gasteiger partial charge in [-0.15, -0.1) is 20.4 Å². The van der Waals surface area contributed by atoms with Crippen molar-refractivity contribution >= 4 is 125 Å². The minimum atomic E-state index is -0.790. The first kappa shape index (κ1) is 65.5. The minimum absolute atomic E-state index is 0. The lowest BCUT2D eigenvalue weighted by molar-refractivity contribution is 0.0511. The Balaban J connectivity index is 0.000000223. The fourth-order valence-electron chi connectivity index (χ4n) is 7.41. The summed E-state index contributed by atoms with van der Waals surface area (Å²) in [5.74, 6) is 0.243. The molecule has 0 aliphatic rings. The number of H-pyrrole nitrogens is 2. The number of hydrogen-bond acceptors (Lipinski definition) is 23. The third-order valence-electron chi connectivity index (χ3n) is 10.8. The molecular weight excluding hydrogens is 1200 g/mol. The Hall–Kier alpha value is -10.1. The van der Waals surface area contributed by atoms with Crippen LogP contribution in [-0.2, 0) is 18.9 Å². The van der Waals surface area contributed by atoms with Crippen molar-refractivity contribution in [3.05, 3.63) is 122 Å². The molecular formula is C57H63ClN18O10S2. The first-order valence-electron chi connectivity index (χ1n) is 26.2. The van der Waals surface area contributed by atoms with Gasteiger partial charge in [-0.1, -0.05) is 30.1 Å². The molecule has 28 nitrogen and oxygen atoms in total. The van der Waals surface area contributed by atoms with Gasteiger partial charge in [0.25, 0.3) is 11.1 Å². The van der Waals surface area contributed by atoms with Gasteiger partial charge in [0, 0.05) is 34.3 Å². The number of nitrogen functional groups attached to an aromatic ring is 1. The van der Waals surface area contributed by atoms with Crippen LogP contribution in [0, 0.1) is 0 Å². The summed E-state index contributed by atoms with van der Waals surface area (Å²) in [6, 6.07) is 16.9. The van der Waals surface area contributed by atoms with Crippen LogP contribution in [0.4, 0.5) is 52.5 Å². The van der Waals surface area contributed by atoms with Crippen molar-refractivity contribution < 1.29 is 47.7 Å². The zero-order valence-electron chi connectivity index (χ0n) is 49.0. The second kappa shape index (κ2) is 26.7. The molecule has 0 spiro atoms. The Morgan fingerprint density at radius 2 is 0.989 bits per heavy atom. The van der Waals surface area contributed by atoms with E-state index < -0.39 is 57.9 Å². The molecule has 88 heavy (non-hydrogen) atoms. The average Bonchev–Trinajstić information content (AvgIpc) is 2.07. The van der Waals surface area contributed by atoms with Crippen LogP contribution in [-0.4, -0.2) is 128 Å². The van der Waals surface area contributed by atoms with Crippen molar-refractivity contribution in [3.8, 4) is 21.1 Å². The van der Waals surface area contributed by atoms with E-state index in [1.807, 2.05) is 0 Å². The molecule has 0 radical (unpaired) electrons. The fraction of sp³-hybridized carbons (Fsp3) is 0.298. The van der Waals surface area contributed by atoms with Crippen LogP contribution in [0.3, 0.4) is 0 Å².